The van der Waals surface area contributed by atoms with Gasteiger partial charge in [0.15, 0.2) is 0 Å². The van der Waals surface area contributed by atoms with Gasteiger partial charge in [-0.3, -0.25) is 4.79 Å². The van der Waals surface area contributed by atoms with Crippen molar-refractivity contribution >= 4 is 11.9 Å². The zero-order valence-corrected chi connectivity index (χ0v) is 11.3. The molecule has 7 heteroatoms. The molecule has 2 atom stereocenters. The lowest BCUT2D eigenvalue weighted by Gasteiger charge is -2.27. The minimum absolute atomic E-state index is 0.693. The topological polar surface area (TPSA) is 55.4 Å². The molecule has 0 saturated carbocycles. The Hall–Kier alpha value is -1.53. The van der Waals surface area contributed by atoms with E-state index in [2.05, 4.69) is 6.58 Å². The Morgan fingerprint density at radius 3 is 2.05 bits per heavy atom. The Morgan fingerprint density at radius 1 is 1.26 bits per heavy atom. The van der Waals surface area contributed by atoms with E-state index in [-0.39, 0.29) is 0 Å². The highest BCUT2D eigenvalue weighted by Crippen LogP contribution is 2.18. The van der Waals surface area contributed by atoms with Gasteiger partial charge in [0.05, 0.1) is 0 Å². The summed E-state index contributed by atoms with van der Waals surface area (Å²) in [6.07, 6.45) is -3.79. The summed E-state index contributed by atoms with van der Waals surface area (Å²) < 4.78 is 41.5. The maximum Gasteiger partial charge on any atom is 0.471 e. The average Bonchev–Trinajstić information content (AvgIpc) is 2.20. The van der Waals surface area contributed by atoms with Gasteiger partial charge in [-0.1, -0.05) is 13.0 Å². The lowest BCUT2D eigenvalue weighted by molar-refractivity contribution is -0.177. The van der Waals surface area contributed by atoms with Crippen LogP contribution in [0.4, 0.5) is 13.2 Å². The third kappa shape index (κ3) is 6.26. The van der Waals surface area contributed by atoms with Gasteiger partial charge in [0, 0.05) is 5.92 Å². The molecule has 0 spiro atoms. The molecule has 4 nitrogen and oxygen atoms in total. The van der Waals surface area contributed by atoms with Crippen molar-refractivity contribution in [2.75, 3.05) is 0 Å². The van der Waals surface area contributed by atoms with E-state index >= 15 is 0 Å². The highest BCUT2D eigenvalue weighted by Gasteiger charge is 2.42. The molecule has 0 heterocycles. The standard InChI is InChI=1S/C12H18F3NO3/c1-6-7(2)8(9(17)19-11(3,4)5)16-10(18)12(13,14)15/h6-8H,1H2,2-5H3,(H,16,18)/t7-,8-/m0/s1. The maximum absolute atomic E-state index is 12.2. The third-order valence-corrected chi connectivity index (χ3v) is 2.10. The number of carbonyl (C=O) groups excluding carboxylic acids is 2. The molecule has 1 N–H and O–H groups in total. The van der Waals surface area contributed by atoms with Crippen molar-refractivity contribution < 1.29 is 27.5 Å². The lowest BCUT2D eigenvalue weighted by atomic mass is 10.0. The lowest BCUT2D eigenvalue weighted by Crippen LogP contribution is -2.51. The van der Waals surface area contributed by atoms with Crippen LogP contribution in [-0.2, 0) is 14.3 Å². The van der Waals surface area contributed by atoms with Crippen LogP contribution in [0.3, 0.4) is 0 Å². The van der Waals surface area contributed by atoms with Crippen LogP contribution in [0.15, 0.2) is 12.7 Å². The molecule has 0 aromatic rings. The van der Waals surface area contributed by atoms with Gasteiger partial charge in [0.1, 0.15) is 11.6 Å². The Morgan fingerprint density at radius 2 is 1.74 bits per heavy atom. The molecule has 0 aliphatic carbocycles. The quantitative estimate of drug-likeness (QED) is 0.635. The van der Waals surface area contributed by atoms with Gasteiger partial charge < -0.3 is 10.1 Å². The number of alkyl halides is 3. The summed E-state index contributed by atoms with van der Waals surface area (Å²) in [6, 6.07) is -1.43. The second-order valence-electron chi connectivity index (χ2n) is 5.08. The van der Waals surface area contributed by atoms with Gasteiger partial charge >= 0.3 is 18.1 Å². The molecule has 0 fully saturated rings. The van der Waals surface area contributed by atoms with Gasteiger partial charge in [-0.25, -0.2) is 4.79 Å². The number of rotatable bonds is 4. The summed E-state index contributed by atoms with van der Waals surface area (Å²) in [5, 5.41) is 1.62. The van der Waals surface area contributed by atoms with Crippen LogP contribution in [0.1, 0.15) is 27.7 Å². The average molecular weight is 281 g/mol. The van der Waals surface area contributed by atoms with Crippen molar-refractivity contribution in [2.45, 2.75) is 45.5 Å². The Bertz CT molecular complexity index is 358. The Labute approximate surface area is 110 Å². The molecule has 0 aliphatic heterocycles. The summed E-state index contributed by atoms with van der Waals surface area (Å²) in [5.74, 6) is -3.81. The molecule has 0 saturated heterocycles. The van der Waals surface area contributed by atoms with Crippen LogP contribution >= 0.6 is 0 Å². The van der Waals surface area contributed by atoms with Crippen molar-refractivity contribution in [2.24, 2.45) is 5.92 Å². The van der Waals surface area contributed by atoms with Crippen molar-refractivity contribution in [3.05, 3.63) is 12.7 Å². The number of esters is 1. The van der Waals surface area contributed by atoms with Gasteiger partial charge in [-0.2, -0.15) is 13.2 Å². The molecule has 110 valence electrons. The third-order valence-electron chi connectivity index (χ3n) is 2.10. The first-order valence-electron chi connectivity index (χ1n) is 5.61. The molecule has 0 aliphatic rings. The minimum atomic E-state index is -5.05. The van der Waals surface area contributed by atoms with E-state index in [9.17, 15) is 22.8 Å². The molecule has 0 bridgehead atoms. The van der Waals surface area contributed by atoms with Crippen LogP contribution in [0.25, 0.3) is 0 Å². The zero-order chi connectivity index (χ0) is 15.4. The predicted octanol–water partition coefficient (Wildman–Crippen LogP) is 2.20. The van der Waals surface area contributed by atoms with Gasteiger partial charge in [-0.15, -0.1) is 6.58 Å². The number of ether oxygens (including phenoxy) is 1. The summed E-state index contributed by atoms with van der Waals surface area (Å²) >= 11 is 0. The summed E-state index contributed by atoms with van der Waals surface area (Å²) in [7, 11) is 0. The fourth-order valence-electron chi connectivity index (χ4n) is 1.13. The molecule has 0 rings (SSSR count). The normalized spacial score (nSPS) is 15.3. The zero-order valence-electron chi connectivity index (χ0n) is 11.3. The van der Waals surface area contributed by atoms with Gasteiger partial charge in [0.2, 0.25) is 0 Å². The van der Waals surface area contributed by atoms with E-state index in [0.717, 1.165) is 0 Å². The van der Waals surface area contributed by atoms with Crippen LogP contribution in [0.2, 0.25) is 0 Å². The smallest absolute Gasteiger partial charge is 0.458 e. The monoisotopic (exact) mass is 281 g/mol. The molecule has 19 heavy (non-hydrogen) atoms. The first kappa shape index (κ1) is 17.5. The number of hydrogen-bond donors (Lipinski definition) is 1. The van der Waals surface area contributed by atoms with Crippen LogP contribution in [0.5, 0.6) is 0 Å². The molecule has 0 radical (unpaired) electrons. The Balaban J connectivity index is 4.98. The van der Waals surface area contributed by atoms with Crippen molar-refractivity contribution in [1.82, 2.24) is 5.32 Å². The van der Waals surface area contributed by atoms with E-state index < -0.39 is 35.6 Å². The van der Waals surface area contributed by atoms with Crippen molar-refractivity contribution in [1.29, 1.82) is 0 Å². The van der Waals surface area contributed by atoms with Crippen LogP contribution in [-0.4, -0.2) is 29.7 Å². The highest BCUT2D eigenvalue weighted by molar-refractivity contribution is 5.88. The number of hydrogen-bond acceptors (Lipinski definition) is 3. The number of halogens is 3. The van der Waals surface area contributed by atoms with Crippen LogP contribution in [0, 0.1) is 5.92 Å². The van der Waals surface area contributed by atoms with Crippen molar-refractivity contribution in [3.63, 3.8) is 0 Å². The summed E-state index contributed by atoms with van der Waals surface area (Å²) in [5.41, 5.74) is -0.862. The molecule has 1 amide bonds. The van der Waals surface area contributed by atoms with E-state index in [1.807, 2.05) is 0 Å². The van der Waals surface area contributed by atoms with E-state index in [0.29, 0.717) is 0 Å². The molecular formula is C12H18F3NO3. The van der Waals surface area contributed by atoms with Gasteiger partial charge in [-0.05, 0) is 20.8 Å². The van der Waals surface area contributed by atoms with E-state index in [1.54, 1.807) is 26.1 Å². The molecular weight excluding hydrogens is 263 g/mol. The summed E-state index contributed by atoms with van der Waals surface area (Å²) in [6.45, 7) is 9.57. The second-order valence-corrected chi connectivity index (χ2v) is 5.08. The highest BCUT2D eigenvalue weighted by atomic mass is 19.4. The maximum atomic E-state index is 12.2. The fourth-order valence-corrected chi connectivity index (χ4v) is 1.13. The molecule has 0 aromatic heterocycles. The minimum Gasteiger partial charge on any atom is -0.458 e. The number of amides is 1. The first-order chi connectivity index (χ1) is 8.38. The first-order valence-corrected chi connectivity index (χ1v) is 5.61. The number of nitrogens with one attached hydrogen (secondary N) is 1. The molecule has 0 unspecified atom stereocenters. The fraction of sp³-hybridized carbons (Fsp3) is 0.667. The van der Waals surface area contributed by atoms with E-state index in [1.165, 1.54) is 13.0 Å². The SMILES string of the molecule is C=C[C@H](C)[C@H](NC(=O)C(F)(F)F)C(=O)OC(C)(C)C. The predicted molar refractivity (Wildman–Crippen MR) is 63.2 cm³/mol. The van der Waals surface area contributed by atoms with Crippen molar-refractivity contribution in [3.8, 4) is 0 Å². The number of carbonyl (C=O) groups is 2. The summed E-state index contributed by atoms with van der Waals surface area (Å²) in [4.78, 5) is 22.7. The molecule has 0 aromatic carbocycles. The Kier molecular flexibility index (Phi) is 5.59. The largest absolute Gasteiger partial charge is 0.471 e. The van der Waals surface area contributed by atoms with E-state index in [4.69, 9.17) is 4.74 Å². The second kappa shape index (κ2) is 6.08. The van der Waals surface area contributed by atoms with Crippen LogP contribution < -0.4 is 5.32 Å². The van der Waals surface area contributed by atoms with Gasteiger partial charge in [0.25, 0.3) is 0 Å².